The average Bonchev–Trinajstić information content (AvgIpc) is 2.92. The van der Waals surface area contributed by atoms with E-state index in [1.807, 2.05) is 30.3 Å². The molecule has 0 spiro atoms. The second-order valence-electron chi connectivity index (χ2n) is 8.05. The van der Waals surface area contributed by atoms with Crippen LogP contribution < -0.4 is 24.4 Å². The maximum Gasteiger partial charge on any atom is 0.271 e. The SMILES string of the molecule is CCCCCCOc1ccc(OCCOc2c(I)cc(C=NNC(=O)c3ccncc3)cc2OC)cc1. The Morgan fingerprint density at radius 2 is 1.62 bits per heavy atom. The van der Waals surface area contributed by atoms with Crippen LogP contribution >= 0.6 is 22.6 Å². The summed E-state index contributed by atoms with van der Waals surface area (Å²) in [5.74, 6) is 2.47. The number of aromatic nitrogens is 1. The van der Waals surface area contributed by atoms with Crippen LogP contribution in [-0.4, -0.2) is 44.0 Å². The second-order valence-corrected chi connectivity index (χ2v) is 9.21. The Kier molecular flexibility index (Phi) is 12.0. The Morgan fingerprint density at radius 1 is 0.946 bits per heavy atom. The van der Waals surface area contributed by atoms with Crippen molar-refractivity contribution in [3.63, 3.8) is 0 Å². The molecule has 0 unspecified atom stereocenters. The number of amides is 1. The molecule has 37 heavy (non-hydrogen) atoms. The van der Waals surface area contributed by atoms with E-state index in [1.165, 1.54) is 19.3 Å². The number of hydrogen-bond donors (Lipinski definition) is 1. The van der Waals surface area contributed by atoms with Crippen LogP contribution in [0.15, 0.2) is 66.0 Å². The third-order valence-electron chi connectivity index (χ3n) is 5.26. The number of rotatable bonds is 15. The number of ether oxygens (including phenoxy) is 4. The molecule has 0 aliphatic heterocycles. The van der Waals surface area contributed by atoms with Gasteiger partial charge in [0.2, 0.25) is 0 Å². The number of nitrogens with one attached hydrogen (secondary N) is 1. The quantitative estimate of drug-likeness (QED) is 0.0993. The molecule has 1 heterocycles. The molecule has 3 aromatic rings. The molecule has 8 nitrogen and oxygen atoms in total. The van der Waals surface area contributed by atoms with E-state index in [9.17, 15) is 4.79 Å². The molecule has 0 bridgehead atoms. The van der Waals surface area contributed by atoms with Crippen molar-refractivity contribution in [1.29, 1.82) is 0 Å². The molecular weight excluding hydrogens is 585 g/mol. The summed E-state index contributed by atoms with van der Waals surface area (Å²) >= 11 is 2.18. The molecule has 1 amide bonds. The summed E-state index contributed by atoms with van der Waals surface area (Å²) in [5.41, 5.74) is 3.74. The van der Waals surface area contributed by atoms with Crippen LogP contribution in [0, 0.1) is 3.57 Å². The van der Waals surface area contributed by atoms with Gasteiger partial charge in [-0.15, -0.1) is 0 Å². The van der Waals surface area contributed by atoms with Gasteiger partial charge in [-0.3, -0.25) is 9.78 Å². The predicted octanol–water partition coefficient (Wildman–Crippen LogP) is 5.88. The van der Waals surface area contributed by atoms with E-state index < -0.39 is 0 Å². The van der Waals surface area contributed by atoms with Crippen LogP contribution in [0.2, 0.25) is 0 Å². The summed E-state index contributed by atoms with van der Waals surface area (Å²) in [4.78, 5) is 16.0. The molecule has 0 atom stereocenters. The van der Waals surface area contributed by atoms with Gasteiger partial charge in [-0.25, -0.2) is 5.43 Å². The van der Waals surface area contributed by atoms with Gasteiger partial charge >= 0.3 is 0 Å². The van der Waals surface area contributed by atoms with Crippen molar-refractivity contribution < 1.29 is 23.7 Å². The predicted molar refractivity (Wildman–Crippen MR) is 152 cm³/mol. The summed E-state index contributed by atoms with van der Waals surface area (Å²) in [6.07, 6.45) is 9.39. The van der Waals surface area contributed by atoms with E-state index in [1.54, 1.807) is 43.9 Å². The second kappa shape index (κ2) is 15.7. The van der Waals surface area contributed by atoms with Gasteiger partial charge in [-0.2, -0.15) is 5.10 Å². The Morgan fingerprint density at radius 3 is 2.30 bits per heavy atom. The average molecular weight is 617 g/mol. The highest BCUT2D eigenvalue weighted by atomic mass is 127. The zero-order valence-electron chi connectivity index (χ0n) is 21.1. The molecule has 1 N–H and O–H groups in total. The number of unbranched alkanes of at least 4 members (excludes halogenated alkanes) is 3. The lowest BCUT2D eigenvalue weighted by molar-refractivity contribution is 0.0955. The van der Waals surface area contributed by atoms with E-state index in [2.05, 4.69) is 45.0 Å². The van der Waals surface area contributed by atoms with Gasteiger partial charge < -0.3 is 18.9 Å². The van der Waals surface area contributed by atoms with Gasteiger partial charge in [0.25, 0.3) is 5.91 Å². The Balaban J connectivity index is 1.46. The summed E-state index contributed by atoms with van der Waals surface area (Å²) in [6, 6.07) is 14.5. The highest BCUT2D eigenvalue weighted by Gasteiger charge is 2.12. The number of pyridine rings is 1. The van der Waals surface area contributed by atoms with Crippen LogP contribution in [0.3, 0.4) is 0 Å². The van der Waals surface area contributed by atoms with Gasteiger partial charge in [0.1, 0.15) is 24.7 Å². The van der Waals surface area contributed by atoms with Gasteiger partial charge in [-0.1, -0.05) is 26.2 Å². The first kappa shape index (κ1) is 28.2. The van der Waals surface area contributed by atoms with Crippen molar-refractivity contribution in [3.8, 4) is 23.0 Å². The normalized spacial score (nSPS) is 10.8. The molecule has 0 aliphatic rings. The number of carbonyl (C=O) groups is 1. The van der Waals surface area contributed by atoms with E-state index in [4.69, 9.17) is 18.9 Å². The topological polar surface area (TPSA) is 91.3 Å². The number of hydrogen-bond acceptors (Lipinski definition) is 7. The van der Waals surface area contributed by atoms with Crippen LogP contribution in [0.1, 0.15) is 48.5 Å². The third kappa shape index (κ3) is 9.56. The summed E-state index contributed by atoms with van der Waals surface area (Å²) in [5, 5.41) is 4.03. The largest absolute Gasteiger partial charge is 0.494 e. The Labute approximate surface area is 231 Å². The van der Waals surface area contributed by atoms with Crippen LogP contribution in [-0.2, 0) is 0 Å². The molecule has 0 saturated heterocycles. The van der Waals surface area contributed by atoms with Gasteiger partial charge in [0, 0.05) is 18.0 Å². The van der Waals surface area contributed by atoms with Gasteiger partial charge in [0.05, 0.1) is 23.5 Å². The maximum absolute atomic E-state index is 12.1. The molecule has 0 fully saturated rings. The van der Waals surface area contributed by atoms with Gasteiger partial charge in [-0.05, 0) is 83.1 Å². The number of methoxy groups -OCH3 is 1. The van der Waals surface area contributed by atoms with Crippen molar-refractivity contribution in [2.45, 2.75) is 32.6 Å². The first-order chi connectivity index (χ1) is 18.1. The first-order valence-corrected chi connectivity index (χ1v) is 13.3. The van der Waals surface area contributed by atoms with Gasteiger partial charge in [0.15, 0.2) is 11.5 Å². The molecule has 3 rings (SSSR count). The third-order valence-corrected chi connectivity index (χ3v) is 6.06. The molecule has 1 aromatic heterocycles. The lowest BCUT2D eigenvalue weighted by atomic mass is 10.2. The summed E-state index contributed by atoms with van der Waals surface area (Å²) in [6.45, 7) is 3.65. The number of halogens is 1. The van der Waals surface area contributed by atoms with Crippen molar-refractivity contribution >= 4 is 34.7 Å². The van der Waals surface area contributed by atoms with Crippen molar-refractivity contribution in [3.05, 3.63) is 75.6 Å². The van der Waals surface area contributed by atoms with E-state index in [0.717, 1.165) is 33.7 Å². The molecule has 9 heteroatoms. The molecular formula is C28H32IN3O5. The first-order valence-electron chi connectivity index (χ1n) is 12.2. The lowest BCUT2D eigenvalue weighted by Gasteiger charge is -2.14. The number of nitrogens with zero attached hydrogens (tertiary/aromatic N) is 2. The van der Waals surface area contributed by atoms with Crippen molar-refractivity contribution in [2.75, 3.05) is 26.9 Å². The minimum atomic E-state index is -0.315. The fraction of sp³-hybridized carbons (Fsp3) is 0.321. The Bertz CT molecular complexity index is 1140. The van der Waals surface area contributed by atoms with Crippen LogP contribution in [0.25, 0.3) is 0 Å². The molecule has 0 saturated carbocycles. The minimum Gasteiger partial charge on any atom is -0.494 e. The minimum absolute atomic E-state index is 0.315. The molecule has 0 aliphatic carbocycles. The van der Waals surface area contributed by atoms with Crippen LogP contribution in [0.4, 0.5) is 0 Å². The monoisotopic (exact) mass is 617 g/mol. The molecule has 2 aromatic carbocycles. The van der Waals surface area contributed by atoms with Crippen LogP contribution in [0.5, 0.6) is 23.0 Å². The highest BCUT2D eigenvalue weighted by Crippen LogP contribution is 2.33. The maximum atomic E-state index is 12.1. The van der Waals surface area contributed by atoms with E-state index in [0.29, 0.717) is 30.3 Å². The zero-order valence-corrected chi connectivity index (χ0v) is 23.3. The number of benzene rings is 2. The Hall–Kier alpha value is -3.34. The number of hydrazone groups is 1. The van der Waals surface area contributed by atoms with Crippen molar-refractivity contribution in [2.24, 2.45) is 5.10 Å². The van der Waals surface area contributed by atoms with Crippen molar-refractivity contribution in [1.82, 2.24) is 10.4 Å². The highest BCUT2D eigenvalue weighted by molar-refractivity contribution is 14.1. The molecule has 196 valence electrons. The number of carbonyl (C=O) groups excluding carboxylic acids is 1. The standard InChI is InChI=1S/C28H32IN3O5/c1-3-4-5-6-15-35-23-7-9-24(10-8-23)36-16-17-37-27-25(29)18-21(19-26(27)34-2)20-31-32-28(33)22-11-13-30-14-12-22/h7-14,18-20H,3-6,15-17H2,1-2H3,(H,32,33). The van der Waals surface area contributed by atoms with E-state index >= 15 is 0 Å². The summed E-state index contributed by atoms with van der Waals surface area (Å²) < 4.78 is 23.9. The molecule has 0 radical (unpaired) electrons. The summed E-state index contributed by atoms with van der Waals surface area (Å²) in [7, 11) is 1.58. The lowest BCUT2D eigenvalue weighted by Crippen LogP contribution is -2.17. The zero-order chi connectivity index (χ0) is 26.3. The fourth-order valence-electron chi connectivity index (χ4n) is 3.34. The van der Waals surface area contributed by atoms with E-state index in [-0.39, 0.29) is 5.91 Å². The fourth-order valence-corrected chi connectivity index (χ4v) is 4.12. The smallest absolute Gasteiger partial charge is 0.271 e.